The SMILES string of the molecule is CC[C@@H](CC(=O)OCc1ccccc1)N1C(=O)[C@H](N2C(=O)c3ccccc3C2=O)[C@@H]1C=Cc1ccccc1. The Morgan fingerprint density at radius 3 is 2.05 bits per heavy atom. The van der Waals surface area contributed by atoms with Gasteiger partial charge in [0.05, 0.1) is 23.6 Å². The predicted octanol–water partition coefficient (Wildman–Crippen LogP) is 4.49. The van der Waals surface area contributed by atoms with Gasteiger partial charge >= 0.3 is 5.97 Å². The second kappa shape index (κ2) is 10.8. The van der Waals surface area contributed by atoms with Gasteiger partial charge in [-0.15, -0.1) is 0 Å². The number of fused-ring (bicyclic) bond motifs is 1. The number of nitrogens with zero attached hydrogens (tertiary/aromatic N) is 2. The van der Waals surface area contributed by atoms with Gasteiger partial charge in [0.25, 0.3) is 11.8 Å². The van der Waals surface area contributed by atoms with Gasteiger partial charge in [-0.3, -0.25) is 24.1 Å². The van der Waals surface area contributed by atoms with E-state index in [0.717, 1.165) is 16.0 Å². The predicted molar refractivity (Wildman–Crippen MR) is 142 cm³/mol. The van der Waals surface area contributed by atoms with Gasteiger partial charge in [-0.2, -0.15) is 0 Å². The average Bonchev–Trinajstić information content (AvgIpc) is 3.20. The van der Waals surface area contributed by atoms with E-state index in [0.29, 0.717) is 17.5 Å². The van der Waals surface area contributed by atoms with Crippen LogP contribution in [0.25, 0.3) is 6.08 Å². The van der Waals surface area contributed by atoms with E-state index < -0.39 is 35.9 Å². The highest BCUT2D eigenvalue weighted by Gasteiger charge is 2.56. The van der Waals surface area contributed by atoms with Crippen LogP contribution in [-0.4, -0.2) is 51.6 Å². The number of carbonyl (C=O) groups is 4. The third kappa shape index (κ3) is 4.75. The maximum absolute atomic E-state index is 13.6. The lowest BCUT2D eigenvalue weighted by molar-refractivity contribution is -0.160. The van der Waals surface area contributed by atoms with Crippen molar-refractivity contribution in [3.05, 3.63) is 113 Å². The summed E-state index contributed by atoms with van der Waals surface area (Å²) in [4.78, 5) is 55.3. The van der Waals surface area contributed by atoms with Crippen LogP contribution in [0.1, 0.15) is 51.6 Å². The number of carbonyl (C=O) groups excluding carboxylic acids is 4. The van der Waals surface area contributed by atoms with Crippen molar-refractivity contribution in [3.63, 3.8) is 0 Å². The molecule has 5 rings (SSSR count). The molecule has 0 unspecified atom stereocenters. The summed E-state index contributed by atoms with van der Waals surface area (Å²) in [5.74, 6) is -1.72. The molecule has 0 radical (unpaired) electrons. The molecule has 1 saturated heterocycles. The van der Waals surface area contributed by atoms with Crippen LogP contribution in [0.2, 0.25) is 0 Å². The summed E-state index contributed by atoms with van der Waals surface area (Å²) in [7, 11) is 0. The molecule has 192 valence electrons. The monoisotopic (exact) mass is 508 g/mol. The maximum Gasteiger partial charge on any atom is 0.308 e. The van der Waals surface area contributed by atoms with Crippen LogP contribution in [-0.2, 0) is 20.9 Å². The molecule has 0 saturated carbocycles. The zero-order valence-electron chi connectivity index (χ0n) is 21.0. The van der Waals surface area contributed by atoms with Gasteiger partial charge < -0.3 is 9.64 Å². The number of likely N-dealkylation sites (tertiary alicyclic amines) is 1. The Labute approximate surface area is 221 Å². The van der Waals surface area contributed by atoms with Gasteiger partial charge in [-0.05, 0) is 29.7 Å². The van der Waals surface area contributed by atoms with E-state index in [2.05, 4.69) is 0 Å². The zero-order chi connectivity index (χ0) is 26.6. The first-order valence-corrected chi connectivity index (χ1v) is 12.7. The molecule has 3 amide bonds. The van der Waals surface area contributed by atoms with Crippen LogP contribution in [0.15, 0.2) is 91.0 Å². The van der Waals surface area contributed by atoms with Crippen molar-refractivity contribution in [1.29, 1.82) is 0 Å². The molecule has 3 atom stereocenters. The summed E-state index contributed by atoms with van der Waals surface area (Å²) in [5.41, 5.74) is 2.39. The molecule has 0 bridgehead atoms. The quantitative estimate of drug-likeness (QED) is 0.242. The Morgan fingerprint density at radius 1 is 0.868 bits per heavy atom. The molecular weight excluding hydrogens is 480 g/mol. The second-order valence-corrected chi connectivity index (χ2v) is 9.39. The molecule has 2 aliphatic rings. The van der Waals surface area contributed by atoms with Crippen LogP contribution < -0.4 is 0 Å². The lowest BCUT2D eigenvalue weighted by atomic mass is 9.88. The highest BCUT2D eigenvalue weighted by molar-refractivity contribution is 6.23. The number of hydrogen-bond acceptors (Lipinski definition) is 5. The maximum atomic E-state index is 13.6. The zero-order valence-corrected chi connectivity index (χ0v) is 21.0. The Morgan fingerprint density at radius 2 is 1.45 bits per heavy atom. The van der Waals surface area contributed by atoms with Crippen molar-refractivity contribution in [1.82, 2.24) is 9.80 Å². The van der Waals surface area contributed by atoms with Crippen LogP contribution in [0, 0.1) is 0 Å². The lowest BCUT2D eigenvalue weighted by Crippen LogP contribution is -2.73. The third-order valence-electron chi connectivity index (χ3n) is 7.05. The highest BCUT2D eigenvalue weighted by Crippen LogP contribution is 2.36. The van der Waals surface area contributed by atoms with Gasteiger partial charge in [-0.1, -0.05) is 91.9 Å². The second-order valence-electron chi connectivity index (χ2n) is 9.39. The van der Waals surface area contributed by atoms with E-state index in [1.165, 1.54) is 0 Å². The summed E-state index contributed by atoms with van der Waals surface area (Å²) in [6, 6.07) is 23.6. The molecule has 1 fully saturated rings. The molecule has 3 aromatic carbocycles. The third-order valence-corrected chi connectivity index (χ3v) is 7.05. The molecule has 0 N–H and O–H groups in total. The van der Waals surface area contributed by atoms with Crippen LogP contribution in [0.3, 0.4) is 0 Å². The smallest absolute Gasteiger partial charge is 0.308 e. The van der Waals surface area contributed by atoms with Gasteiger partial charge in [0, 0.05) is 6.04 Å². The molecule has 0 spiro atoms. The standard InChI is InChI=1S/C31H28N2O5/c1-2-23(19-27(34)38-20-22-13-7-4-8-14-22)32-26(18-17-21-11-5-3-6-12-21)28(31(32)37)33-29(35)24-15-9-10-16-25(24)30(33)36/h3-18,23,26,28H,2,19-20H2,1H3/t23-,26-,28+/m0/s1. The fraction of sp³-hybridized carbons (Fsp3) is 0.226. The Kier molecular flexibility index (Phi) is 7.18. The van der Waals surface area contributed by atoms with Crippen LogP contribution in [0.5, 0.6) is 0 Å². The summed E-state index contributed by atoms with van der Waals surface area (Å²) in [6.45, 7) is 2.05. The van der Waals surface area contributed by atoms with Crippen LogP contribution in [0.4, 0.5) is 0 Å². The van der Waals surface area contributed by atoms with Crippen molar-refractivity contribution >= 4 is 29.8 Å². The summed E-state index contributed by atoms with van der Waals surface area (Å²) in [6.07, 6.45) is 4.23. The molecule has 2 heterocycles. The minimum Gasteiger partial charge on any atom is -0.461 e. The minimum atomic E-state index is -0.975. The van der Waals surface area contributed by atoms with Crippen molar-refractivity contribution in [2.24, 2.45) is 0 Å². The first-order valence-electron chi connectivity index (χ1n) is 12.7. The molecule has 7 nitrogen and oxygen atoms in total. The van der Waals surface area contributed by atoms with E-state index in [4.69, 9.17) is 4.74 Å². The number of β-lactam (4-membered cyclic amide) rings is 1. The number of benzene rings is 3. The molecule has 0 aromatic heterocycles. The number of hydrogen-bond donors (Lipinski definition) is 0. The number of esters is 1. The molecule has 3 aromatic rings. The minimum absolute atomic E-state index is 0.0135. The number of amides is 3. The first kappa shape index (κ1) is 25.1. The Hall–Kier alpha value is -4.52. The fourth-order valence-electron chi connectivity index (χ4n) is 5.06. The van der Waals surface area contributed by atoms with E-state index in [9.17, 15) is 19.2 Å². The topological polar surface area (TPSA) is 84.0 Å². The average molecular weight is 509 g/mol. The first-order chi connectivity index (χ1) is 18.5. The number of ether oxygens (including phenoxy) is 1. The molecule has 38 heavy (non-hydrogen) atoms. The van der Waals surface area contributed by atoms with Gasteiger partial charge in [0.1, 0.15) is 12.6 Å². The fourth-order valence-corrected chi connectivity index (χ4v) is 5.06. The Bertz CT molecular complexity index is 1350. The van der Waals surface area contributed by atoms with Crippen LogP contribution >= 0.6 is 0 Å². The molecule has 7 heteroatoms. The van der Waals surface area contributed by atoms with E-state index >= 15 is 0 Å². The van der Waals surface area contributed by atoms with E-state index in [1.807, 2.05) is 79.7 Å². The summed E-state index contributed by atoms with van der Waals surface area (Å²) < 4.78 is 5.47. The lowest BCUT2D eigenvalue weighted by Gasteiger charge is -2.51. The van der Waals surface area contributed by atoms with E-state index in [-0.39, 0.29) is 18.9 Å². The van der Waals surface area contributed by atoms with E-state index in [1.54, 1.807) is 29.2 Å². The number of imide groups is 1. The number of rotatable bonds is 9. The van der Waals surface area contributed by atoms with Crippen molar-refractivity contribution in [2.45, 2.75) is 44.5 Å². The van der Waals surface area contributed by atoms with Crippen molar-refractivity contribution in [2.75, 3.05) is 0 Å². The Balaban J connectivity index is 1.37. The summed E-state index contributed by atoms with van der Waals surface area (Å²) in [5, 5.41) is 0. The van der Waals surface area contributed by atoms with Crippen molar-refractivity contribution < 1.29 is 23.9 Å². The normalized spacial score (nSPS) is 19.4. The van der Waals surface area contributed by atoms with Gasteiger partial charge in [-0.25, -0.2) is 0 Å². The molecule has 0 aliphatic carbocycles. The summed E-state index contributed by atoms with van der Waals surface area (Å²) >= 11 is 0. The van der Waals surface area contributed by atoms with Gasteiger partial charge in [0.2, 0.25) is 5.91 Å². The largest absolute Gasteiger partial charge is 0.461 e. The molecule has 2 aliphatic heterocycles. The molecular formula is C31H28N2O5. The van der Waals surface area contributed by atoms with Crippen molar-refractivity contribution in [3.8, 4) is 0 Å². The van der Waals surface area contributed by atoms with Gasteiger partial charge in [0.15, 0.2) is 0 Å². The highest BCUT2D eigenvalue weighted by atomic mass is 16.5.